The van der Waals surface area contributed by atoms with Gasteiger partial charge in [-0.1, -0.05) is 41.9 Å². The Morgan fingerprint density at radius 2 is 1.84 bits per heavy atom. The van der Waals surface area contributed by atoms with Crippen LogP contribution in [0, 0.1) is 6.92 Å². The quantitative estimate of drug-likeness (QED) is 0.903. The molecule has 100 valence electrons. The zero-order chi connectivity index (χ0) is 13.8. The van der Waals surface area contributed by atoms with Crippen LogP contribution < -0.4 is 4.74 Å². The molecule has 2 aromatic carbocycles. The minimum Gasteiger partial charge on any atom is -0.488 e. The monoisotopic (exact) mass is 276 g/mol. The Bertz CT molecular complexity index is 547. The zero-order valence-corrected chi connectivity index (χ0v) is 11.8. The van der Waals surface area contributed by atoms with Crippen LogP contribution >= 0.6 is 11.6 Å². The van der Waals surface area contributed by atoms with E-state index in [1.165, 1.54) is 0 Å². The van der Waals surface area contributed by atoms with E-state index in [1.54, 1.807) is 6.92 Å². The van der Waals surface area contributed by atoms with Crippen molar-refractivity contribution in [2.45, 2.75) is 26.6 Å². The number of hydrogen-bond donors (Lipinski definition) is 1. The van der Waals surface area contributed by atoms with Gasteiger partial charge in [0.15, 0.2) is 0 Å². The lowest BCUT2D eigenvalue weighted by molar-refractivity contribution is 0.189. The van der Waals surface area contributed by atoms with Crippen molar-refractivity contribution in [1.82, 2.24) is 0 Å². The molecule has 0 aliphatic carbocycles. The molecule has 0 saturated heterocycles. The Hall–Kier alpha value is -1.51. The molecule has 0 aromatic heterocycles. The summed E-state index contributed by atoms with van der Waals surface area (Å²) in [5.41, 5.74) is 2.88. The fourth-order valence-electron chi connectivity index (χ4n) is 1.94. The average Bonchev–Trinajstić information content (AvgIpc) is 2.39. The minimum absolute atomic E-state index is 0.460. The number of aliphatic hydroxyl groups is 1. The number of aryl methyl sites for hydroxylation is 1. The van der Waals surface area contributed by atoms with Gasteiger partial charge in [0.25, 0.3) is 0 Å². The zero-order valence-electron chi connectivity index (χ0n) is 11.1. The maximum absolute atomic E-state index is 9.77. The normalized spacial score (nSPS) is 12.2. The van der Waals surface area contributed by atoms with Gasteiger partial charge in [-0.2, -0.15) is 0 Å². The molecule has 0 saturated carbocycles. The van der Waals surface area contributed by atoms with Crippen LogP contribution in [0.3, 0.4) is 0 Å². The second kappa shape index (κ2) is 6.09. The predicted octanol–water partition coefficient (Wildman–Crippen LogP) is 4.28. The largest absolute Gasteiger partial charge is 0.488 e. The van der Waals surface area contributed by atoms with E-state index in [4.69, 9.17) is 16.3 Å². The minimum atomic E-state index is -0.542. The Kier molecular flexibility index (Phi) is 4.46. The van der Waals surface area contributed by atoms with E-state index < -0.39 is 6.10 Å². The molecule has 1 N–H and O–H groups in total. The van der Waals surface area contributed by atoms with Crippen molar-refractivity contribution in [3.63, 3.8) is 0 Å². The van der Waals surface area contributed by atoms with Crippen LogP contribution in [0.1, 0.15) is 29.7 Å². The van der Waals surface area contributed by atoms with Crippen molar-refractivity contribution in [3.05, 3.63) is 64.2 Å². The van der Waals surface area contributed by atoms with Crippen LogP contribution in [0.15, 0.2) is 42.5 Å². The van der Waals surface area contributed by atoms with Gasteiger partial charge in [0.2, 0.25) is 0 Å². The summed E-state index contributed by atoms with van der Waals surface area (Å²) in [6.45, 7) is 4.18. The highest BCUT2D eigenvalue weighted by molar-refractivity contribution is 6.30. The Morgan fingerprint density at radius 1 is 1.16 bits per heavy atom. The van der Waals surface area contributed by atoms with Gasteiger partial charge in [0.1, 0.15) is 12.4 Å². The molecule has 19 heavy (non-hydrogen) atoms. The van der Waals surface area contributed by atoms with E-state index in [9.17, 15) is 5.11 Å². The first-order valence-corrected chi connectivity index (χ1v) is 6.60. The van der Waals surface area contributed by atoms with Crippen LogP contribution in [-0.4, -0.2) is 5.11 Å². The molecule has 2 rings (SSSR count). The summed E-state index contributed by atoms with van der Waals surface area (Å²) in [5, 5.41) is 10.5. The van der Waals surface area contributed by atoms with Crippen molar-refractivity contribution >= 4 is 11.6 Å². The Labute approximate surface area is 118 Å². The molecule has 3 heteroatoms. The molecule has 0 heterocycles. The second-order valence-electron chi connectivity index (χ2n) is 4.58. The van der Waals surface area contributed by atoms with Gasteiger partial charge in [-0.25, -0.2) is 0 Å². The number of halogens is 1. The summed E-state index contributed by atoms with van der Waals surface area (Å²) in [6.07, 6.45) is -0.542. The topological polar surface area (TPSA) is 29.5 Å². The summed E-state index contributed by atoms with van der Waals surface area (Å²) < 4.78 is 5.85. The molecule has 0 amide bonds. The Balaban J connectivity index is 2.17. The van der Waals surface area contributed by atoms with E-state index in [-0.39, 0.29) is 0 Å². The first-order chi connectivity index (χ1) is 9.08. The maximum Gasteiger partial charge on any atom is 0.128 e. The molecule has 1 unspecified atom stereocenters. The molecule has 0 radical (unpaired) electrons. The highest BCUT2D eigenvalue weighted by Crippen LogP contribution is 2.29. The first-order valence-electron chi connectivity index (χ1n) is 6.22. The fraction of sp³-hybridized carbons (Fsp3) is 0.250. The summed E-state index contributed by atoms with van der Waals surface area (Å²) in [5.74, 6) is 0.757. The summed E-state index contributed by atoms with van der Waals surface area (Å²) in [7, 11) is 0. The average molecular weight is 277 g/mol. The van der Waals surface area contributed by atoms with Crippen molar-refractivity contribution in [2.24, 2.45) is 0 Å². The lowest BCUT2D eigenvalue weighted by atomic mass is 10.1. The number of aliphatic hydroxyl groups excluding tert-OH is 1. The summed E-state index contributed by atoms with van der Waals surface area (Å²) in [6, 6.07) is 13.3. The SMILES string of the molecule is Cc1cccc(C(C)O)c1OCc1ccc(Cl)cc1. The fourth-order valence-corrected chi connectivity index (χ4v) is 2.06. The lowest BCUT2D eigenvalue weighted by Crippen LogP contribution is -2.02. The van der Waals surface area contributed by atoms with E-state index >= 15 is 0 Å². The molecule has 0 aliphatic heterocycles. The van der Waals surface area contributed by atoms with E-state index in [1.807, 2.05) is 49.4 Å². The standard InChI is InChI=1S/C16H17ClO2/c1-11-4-3-5-15(12(2)18)16(11)19-10-13-6-8-14(17)9-7-13/h3-9,12,18H,10H2,1-2H3. The van der Waals surface area contributed by atoms with Gasteiger partial charge in [0, 0.05) is 10.6 Å². The third kappa shape index (κ3) is 3.49. The van der Waals surface area contributed by atoms with Crippen LogP contribution in [0.4, 0.5) is 0 Å². The van der Waals surface area contributed by atoms with Gasteiger partial charge in [0.05, 0.1) is 6.10 Å². The number of benzene rings is 2. The Morgan fingerprint density at radius 3 is 2.47 bits per heavy atom. The van der Waals surface area contributed by atoms with E-state index in [2.05, 4.69) is 0 Å². The van der Waals surface area contributed by atoms with Gasteiger partial charge >= 0.3 is 0 Å². The van der Waals surface area contributed by atoms with Gasteiger partial charge < -0.3 is 9.84 Å². The molecule has 1 atom stereocenters. The second-order valence-corrected chi connectivity index (χ2v) is 5.02. The number of ether oxygens (including phenoxy) is 1. The first kappa shape index (κ1) is 13.9. The van der Waals surface area contributed by atoms with Crippen LogP contribution in [0.25, 0.3) is 0 Å². The third-order valence-electron chi connectivity index (χ3n) is 2.99. The molecular weight excluding hydrogens is 260 g/mol. The number of rotatable bonds is 4. The third-order valence-corrected chi connectivity index (χ3v) is 3.24. The number of para-hydroxylation sites is 1. The predicted molar refractivity (Wildman–Crippen MR) is 77.6 cm³/mol. The van der Waals surface area contributed by atoms with Crippen LogP contribution in [0.5, 0.6) is 5.75 Å². The van der Waals surface area contributed by atoms with Crippen molar-refractivity contribution in [2.75, 3.05) is 0 Å². The van der Waals surface area contributed by atoms with E-state index in [0.29, 0.717) is 11.6 Å². The number of hydrogen-bond acceptors (Lipinski definition) is 2. The molecule has 0 aliphatic rings. The van der Waals surface area contributed by atoms with Crippen molar-refractivity contribution < 1.29 is 9.84 Å². The van der Waals surface area contributed by atoms with E-state index in [0.717, 1.165) is 22.4 Å². The molecule has 0 bridgehead atoms. The van der Waals surface area contributed by atoms with Gasteiger partial charge in [-0.05, 0) is 37.1 Å². The van der Waals surface area contributed by atoms with Crippen molar-refractivity contribution in [3.8, 4) is 5.75 Å². The van der Waals surface area contributed by atoms with Crippen molar-refractivity contribution in [1.29, 1.82) is 0 Å². The van der Waals surface area contributed by atoms with Gasteiger partial charge in [-0.3, -0.25) is 0 Å². The molecular formula is C16H17ClO2. The van der Waals surface area contributed by atoms with Crippen LogP contribution in [0.2, 0.25) is 5.02 Å². The molecule has 2 aromatic rings. The molecule has 0 spiro atoms. The smallest absolute Gasteiger partial charge is 0.128 e. The summed E-state index contributed by atoms with van der Waals surface area (Å²) >= 11 is 5.85. The lowest BCUT2D eigenvalue weighted by Gasteiger charge is -2.16. The highest BCUT2D eigenvalue weighted by atomic mass is 35.5. The van der Waals surface area contributed by atoms with Gasteiger partial charge in [-0.15, -0.1) is 0 Å². The van der Waals surface area contributed by atoms with Crippen LogP contribution in [-0.2, 0) is 6.61 Å². The highest BCUT2D eigenvalue weighted by Gasteiger charge is 2.11. The molecule has 2 nitrogen and oxygen atoms in total. The maximum atomic E-state index is 9.77. The summed E-state index contributed by atoms with van der Waals surface area (Å²) in [4.78, 5) is 0. The molecule has 0 fully saturated rings.